The predicted octanol–water partition coefficient (Wildman–Crippen LogP) is 2.36. The van der Waals surface area contributed by atoms with Crippen LogP contribution in [0.5, 0.6) is 0 Å². The summed E-state index contributed by atoms with van der Waals surface area (Å²) >= 11 is 1.81. The van der Waals surface area contributed by atoms with E-state index < -0.39 is 0 Å². The monoisotopic (exact) mass is 264 g/mol. The van der Waals surface area contributed by atoms with E-state index >= 15 is 0 Å². The van der Waals surface area contributed by atoms with Crippen LogP contribution in [0, 0.1) is 0 Å². The number of hydrogen-bond acceptors (Lipinski definition) is 3. The Morgan fingerprint density at radius 2 is 2.06 bits per heavy atom. The molecule has 2 rings (SSSR count). The first-order chi connectivity index (χ1) is 8.56. The fourth-order valence-corrected chi connectivity index (χ4v) is 2.94. The van der Waals surface area contributed by atoms with Crippen LogP contribution in [0.25, 0.3) is 0 Å². The lowest BCUT2D eigenvalue weighted by atomic mass is 10.2. The van der Waals surface area contributed by atoms with E-state index in [1.54, 1.807) is 11.8 Å². The third-order valence-electron chi connectivity index (χ3n) is 2.98. The molecule has 3 nitrogen and oxygen atoms in total. The van der Waals surface area contributed by atoms with Gasteiger partial charge in [0, 0.05) is 34.8 Å². The molecule has 1 amide bonds. The minimum atomic E-state index is 0.101. The van der Waals surface area contributed by atoms with Gasteiger partial charge in [0.1, 0.15) is 0 Å². The lowest BCUT2D eigenvalue weighted by Crippen LogP contribution is -2.31. The van der Waals surface area contributed by atoms with Crippen LogP contribution >= 0.6 is 11.8 Å². The van der Waals surface area contributed by atoms with Crippen molar-refractivity contribution in [1.82, 2.24) is 4.90 Å². The first-order valence-electron chi connectivity index (χ1n) is 6.38. The molecule has 0 radical (unpaired) electrons. The van der Waals surface area contributed by atoms with E-state index in [9.17, 15) is 4.79 Å². The summed E-state index contributed by atoms with van der Waals surface area (Å²) in [6.45, 7) is 5.79. The van der Waals surface area contributed by atoms with Gasteiger partial charge >= 0.3 is 0 Å². The zero-order valence-electron chi connectivity index (χ0n) is 10.9. The van der Waals surface area contributed by atoms with Crippen molar-refractivity contribution in [1.29, 1.82) is 0 Å². The minimum Gasteiger partial charge on any atom is -0.337 e. The third-order valence-corrected chi connectivity index (χ3v) is 4.00. The van der Waals surface area contributed by atoms with Crippen molar-refractivity contribution in [3.8, 4) is 0 Å². The van der Waals surface area contributed by atoms with E-state index in [0.717, 1.165) is 18.5 Å². The van der Waals surface area contributed by atoms with E-state index in [4.69, 9.17) is 5.73 Å². The van der Waals surface area contributed by atoms with Crippen LogP contribution in [-0.2, 0) is 0 Å². The summed E-state index contributed by atoms with van der Waals surface area (Å²) in [5.74, 6) is 0.101. The molecule has 1 aliphatic rings. The Kier molecular flexibility index (Phi) is 4.30. The maximum absolute atomic E-state index is 12.2. The number of rotatable bonds is 3. The molecule has 1 aromatic carbocycles. The molecule has 0 aliphatic carbocycles. The molecule has 4 heteroatoms. The van der Waals surface area contributed by atoms with Gasteiger partial charge in [-0.1, -0.05) is 13.8 Å². The van der Waals surface area contributed by atoms with E-state index in [0.29, 0.717) is 11.8 Å². The Morgan fingerprint density at radius 3 is 2.56 bits per heavy atom. The molecule has 18 heavy (non-hydrogen) atoms. The van der Waals surface area contributed by atoms with Gasteiger partial charge < -0.3 is 10.6 Å². The maximum atomic E-state index is 12.2. The normalized spacial score (nSPS) is 19.6. The first kappa shape index (κ1) is 13.4. The molecule has 0 spiro atoms. The van der Waals surface area contributed by atoms with Gasteiger partial charge in [-0.05, 0) is 30.7 Å². The lowest BCUT2D eigenvalue weighted by Gasteiger charge is -2.16. The second kappa shape index (κ2) is 5.76. The molecule has 2 N–H and O–H groups in total. The van der Waals surface area contributed by atoms with Crippen molar-refractivity contribution < 1.29 is 4.79 Å². The molecule has 0 aromatic heterocycles. The van der Waals surface area contributed by atoms with Crippen molar-refractivity contribution >= 4 is 17.7 Å². The molecule has 1 aliphatic heterocycles. The number of benzene rings is 1. The third kappa shape index (κ3) is 3.27. The molecule has 0 unspecified atom stereocenters. The van der Waals surface area contributed by atoms with Gasteiger partial charge in [0.25, 0.3) is 5.91 Å². The highest BCUT2D eigenvalue weighted by Crippen LogP contribution is 2.23. The zero-order chi connectivity index (χ0) is 13.1. The van der Waals surface area contributed by atoms with Gasteiger partial charge in [-0.2, -0.15) is 0 Å². The van der Waals surface area contributed by atoms with Crippen molar-refractivity contribution in [3.05, 3.63) is 29.8 Å². The number of likely N-dealkylation sites (tertiary alicyclic amines) is 1. The molecule has 1 aromatic rings. The van der Waals surface area contributed by atoms with Gasteiger partial charge in [0.15, 0.2) is 0 Å². The van der Waals surface area contributed by atoms with Gasteiger partial charge in [-0.3, -0.25) is 4.79 Å². The van der Waals surface area contributed by atoms with Crippen LogP contribution in [0.3, 0.4) is 0 Å². The second-order valence-electron chi connectivity index (χ2n) is 4.99. The number of carbonyl (C=O) groups excluding carboxylic acids is 1. The number of thioether (sulfide) groups is 1. The van der Waals surface area contributed by atoms with Gasteiger partial charge in [0.05, 0.1) is 0 Å². The predicted molar refractivity (Wildman–Crippen MR) is 75.9 cm³/mol. The highest BCUT2D eigenvalue weighted by atomic mass is 32.2. The average Bonchev–Trinajstić information content (AvgIpc) is 2.75. The number of amides is 1. The summed E-state index contributed by atoms with van der Waals surface area (Å²) in [7, 11) is 0. The highest BCUT2D eigenvalue weighted by molar-refractivity contribution is 7.99. The largest absolute Gasteiger partial charge is 0.337 e. The van der Waals surface area contributed by atoms with Crippen molar-refractivity contribution in [2.75, 3.05) is 13.1 Å². The highest BCUT2D eigenvalue weighted by Gasteiger charge is 2.24. The second-order valence-corrected chi connectivity index (χ2v) is 6.64. The topological polar surface area (TPSA) is 46.3 Å². The van der Waals surface area contributed by atoms with Gasteiger partial charge in [-0.25, -0.2) is 0 Å². The molecule has 0 saturated carbocycles. The quantitative estimate of drug-likeness (QED) is 0.853. The van der Waals surface area contributed by atoms with Crippen LogP contribution in [0.15, 0.2) is 29.2 Å². The number of carbonyl (C=O) groups is 1. The summed E-state index contributed by atoms with van der Waals surface area (Å²) in [6, 6.07) is 8.01. The number of nitrogens with two attached hydrogens (primary N) is 1. The molecular weight excluding hydrogens is 244 g/mol. The Balaban J connectivity index is 2.03. The van der Waals surface area contributed by atoms with Crippen LogP contribution in [0.4, 0.5) is 0 Å². The van der Waals surface area contributed by atoms with E-state index in [1.807, 2.05) is 29.2 Å². The molecule has 1 fully saturated rings. The van der Waals surface area contributed by atoms with E-state index in [-0.39, 0.29) is 11.9 Å². The fourth-order valence-electron chi connectivity index (χ4n) is 2.10. The molecule has 1 atom stereocenters. The SMILES string of the molecule is CC(C)Sc1ccc(C(=O)N2CC[C@@H](N)C2)cc1. The Labute approximate surface area is 113 Å². The summed E-state index contributed by atoms with van der Waals surface area (Å²) in [5, 5.41) is 0.558. The van der Waals surface area contributed by atoms with Crippen molar-refractivity contribution in [2.45, 2.75) is 36.5 Å². The smallest absolute Gasteiger partial charge is 0.253 e. The Hall–Kier alpha value is -1.00. The van der Waals surface area contributed by atoms with Gasteiger partial charge in [0.2, 0.25) is 0 Å². The average molecular weight is 264 g/mol. The van der Waals surface area contributed by atoms with E-state index in [2.05, 4.69) is 13.8 Å². The number of nitrogens with zero attached hydrogens (tertiary/aromatic N) is 1. The summed E-state index contributed by atoms with van der Waals surface area (Å²) < 4.78 is 0. The lowest BCUT2D eigenvalue weighted by molar-refractivity contribution is 0.0791. The molecular formula is C14H20N2OS. The van der Waals surface area contributed by atoms with Crippen LogP contribution in [0.2, 0.25) is 0 Å². The molecule has 1 heterocycles. The summed E-state index contributed by atoms with van der Waals surface area (Å²) in [5.41, 5.74) is 6.58. The van der Waals surface area contributed by atoms with Crippen LogP contribution in [0.1, 0.15) is 30.6 Å². The van der Waals surface area contributed by atoms with Crippen LogP contribution < -0.4 is 5.73 Å². The summed E-state index contributed by atoms with van der Waals surface area (Å²) in [6.07, 6.45) is 0.910. The van der Waals surface area contributed by atoms with Gasteiger partial charge in [-0.15, -0.1) is 11.8 Å². The Bertz CT molecular complexity index is 416. The maximum Gasteiger partial charge on any atom is 0.253 e. The standard InChI is InChI=1S/C14H20N2OS/c1-10(2)18-13-5-3-11(4-6-13)14(17)16-8-7-12(15)9-16/h3-6,10,12H,7-9,15H2,1-2H3/t12-/m1/s1. The van der Waals surface area contributed by atoms with Crippen molar-refractivity contribution in [2.24, 2.45) is 5.73 Å². The molecule has 0 bridgehead atoms. The first-order valence-corrected chi connectivity index (χ1v) is 7.26. The molecule has 1 saturated heterocycles. The number of hydrogen-bond donors (Lipinski definition) is 1. The zero-order valence-corrected chi connectivity index (χ0v) is 11.7. The van der Waals surface area contributed by atoms with Crippen LogP contribution in [-0.4, -0.2) is 35.2 Å². The minimum absolute atomic E-state index is 0.101. The Morgan fingerprint density at radius 1 is 1.39 bits per heavy atom. The molecule has 98 valence electrons. The van der Waals surface area contributed by atoms with Crippen molar-refractivity contribution in [3.63, 3.8) is 0 Å². The summed E-state index contributed by atoms with van der Waals surface area (Å²) in [4.78, 5) is 15.2. The fraction of sp³-hybridized carbons (Fsp3) is 0.500. The van der Waals surface area contributed by atoms with E-state index in [1.165, 1.54) is 4.90 Å².